The lowest BCUT2D eigenvalue weighted by atomic mass is 10.2. The molecule has 0 fully saturated rings. The van der Waals surface area contributed by atoms with Crippen LogP contribution < -0.4 is 10.6 Å². The fourth-order valence-electron chi connectivity index (χ4n) is 2.14. The number of rotatable bonds is 5. The van der Waals surface area contributed by atoms with Gasteiger partial charge in [0.2, 0.25) is 0 Å². The van der Waals surface area contributed by atoms with Crippen molar-refractivity contribution in [2.24, 2.45) is 0 Å². The molecule has 0 amide bonds. The Morgan fingerprint density at radius 3 is 2.20 bits per heavy atom. The van der Waals surface area contributed by atoms with E-state index in [0.717, 1.165) is 30.7 Å². The first kappa shape index (κ1) is 14.3. The molecule has 0 aliphatic rings. The van der Waals surface area contributed by atoms with Crippen molar-refractivity contribution in [1.29, 1.82) is 0 Å². The van der Waals surface area contributed by atoms with E-state index in [0.29, 0.717) is 6.54 Å². The van der Waals surface area contributed by atoms with Gasteiger partial charge in [-0.3, -0.25) is 0 Å². The molecule has 106 valence electrons. The molecule has 2 rings (SSSR count). The third-order valence-electron chi connectivity index (χ3n) is 3.11. The first-order valence-corrected chi connectivity index (χ1v) is 6.70. The number of nitrogen functional groups attached to an aromatic ring is 1. The summed E-state index contributed by atoms with van der Waals surface area (Å²) in [5.74, 6) is -1.27. The standard InChI is InChI=1S/C16H18F2N2/c1-2-3-9-20(13-7-5-4-6-8-13)16-14(17)10-12(19)11-15(16)18/h4-8,10-11H,2-3,9,19H2,1H3. The highest BCUT2D eigenvalue weighted by atomic mass is 19.1. The molecule has 2 N–H and O–H groups in total. The molecule has 0 unspecified atom stereocenters. The van der Waals surface area contributed by atoms with Gasteiger partial charge >= 0.3 is 0 Å². The van der Waals surface area contributed by atoms with Gasteiger partial charge < -0.3 is 10.6 Å². The quantitative estimate of drug-likeness (QED) is 0.815. The predicted octanol–water partition coefficient (Wildman–Crippen LogP) is 4.49. The van der Waals surface area contributed by atoms with Crippen molar-refractivity contribution in [3.63, 3.8) is 0 Å². The second kappa shape index (κ2) is 6.37. The van der Waals surface area contributed by atoms with E-state index < -0.39 is 11.6 Å². The Morgan fingerprint density at radius 1 is 1.05 bits per heavy atom. The first-order valence-electron chi connectivity index (χ1n) is 6.70. The molecule has 0 aliphatic carbocycles. The summed E-state index contributed by atoms with van der Waals surface area (Å²) >= 11 is 0. The molecular formula is C16H18F2N2. The van der Waals surface area contributed by atoms with Crippen LogP contribution in [0.3, 0.4) is 0 Å². The Kier molecular flexibility index (Phi) is 4.56. The molecule has 0 aromatic heterocycles. The summed E-state index contributed by atoms with van der Waals surface area (Å²) in [5.41, 5.74) is 6.28. The molecule has 2 nitrogen and oxygen atoms in total. The Hall–Kier alpha value is -2.10. The summed E-state index contributed by atoms with van der Waals surface area (Å²) in [4.78, 5) is 1.66. The Labute approximate surface area is 117 Å². The summed E-state index contributed by atoms with van der Waals surface area (Å²) < 4.78 is 28.2. The average molecular weight is 276 g/mol. The average Bonchev–Trinajstić information content (AvgIpc) is 2.42. The molecule has 2 aromatic rings. The van der Waals surface area contributed by atoms with Crippen LogP contribution in [0.4, 0.5) is 25.8 Å². The first-order chi connectivity index (χ1) is 9.63. The van der Waals surface area contributed by atoms with E-state index in [9.17, 15) is 8.78 Å². The highest BCUT2D eigenvalue weighted by Crippen LogP contribution is 2.32. The third-order valence-corrected chi connectivity index (χ3v) is 3.11. The minimum Gasteiger partial charge on any atom is -0.399 e. The monoisotopic (exact) mass is 276 g/mol. The van der Waals surface area contributed by atoms with Crippen molar-refractivity contribution in [2.75, 3.05) is 17.2 Å². The summed E-state index contributed by atoms with van der Waals surface area (Å²) in [6.07, 6.45) is 1.79. The highest BCUT2D eigenvalue weighted by molar-refractivity contribution is 5.66. The Balaban J connectivity index is 2.47. The maximum Gasteiger partial charge on any atom is 0.151 e. The Bertz CT molecular complexity index is 547. The van der Waals surface area contributed by atoms with E-state index in [1.807, 2.05) is 37.3 Å². The number of nitrogens with two attached hydrogens (primary N) is 1. The lowest BCUT2D eigenvalue weighted by molar-refractivity contribution is 0.579. The topological polar surface area (TPSA) is 29.3 Å². The van der Waals surface area contributed by atoms with Gasteiger partial charge in [0.05, 0.1) is 0 Å². The molecule has 0 radical (unpaired) electrons. The summed E-state index contributed by atoms with van der Waals surface area (Å²) in [6, 6.07) is 11.6. The fourth-order valence-corrected chi connectivity index (χ4v) is 2.14. The zero-order valence-electron chi connectivity index (χ0n) is 11.4. The van der Waals surface area contributed by atoms with Crippen LogP contribution in [0.15, 0.2) is 42.5 Å². The van der Waals surface area contributed by atoms with E-state index >= 15 is 0 Å². The molecule has 0 heterocycles. The lowest BCUT2D eigenvalue weighted by Crippen LogP contribution is -2.21. The highest BCUT2D eigenvalue weighted by Gasteiger charge is 2.18. The van der Waals surface area contributed by atoms with Crippen LogP contribution in [-0.4, -0.2) is 6.54 Å². The number of hydrogen-bond acceptors (Lipinski definition) is 2. The SMILES string of the molecule is CCCCN(c1ccccc1)c1c(F)cc(N)cc1F. The zero-order valence-corrected chi connectivity index (χ0v) is 11.4. The Morgan fingerprint density at radius 2 is 1.65 bits per heavy atom. The number of anilines is 3. The van der Waals surface area contributed by atoms with E-state index in [1.165, 1.54) is 0 Å². The van der Waals surface area contributed by atoms with E-state index in [2.05, 4.69) is 0 Å². The van der Waals surface area contributed by atoms with Crippen LogP contribution in [0, 0.1) is 11.6 Å². The fraction of sp³-hybridized carbons (Fsp3) is 0.250. The summed E-state index contributed by atoms with van der Waals surface area (Å²) in [6.45, 7) is 2.59. The minimum absolute atomic E-state index is 0.0427. The number of para-hydroxylation sites is 1. The van der Waals surface area contributed by atoms with Gasteiger partial charge in [-0.15, -0.1) is 0 Å². The largest absolute Gasteiger partial charge is 0.399 e. The van der Waals surface area contributed by atoms with Gasteiger partial charge in [0.15, 0.2) is 11.6 Å². The van der Waals surface area contributed by atoms with E-state index in [-0.39, 0.29) is 11.4 Å². The predicted molar refractivity (Wildman–Crippen MR) is 79.1 cm³/mol. The van der Waals surface area contributed by atoms with Gasteiger partial charge in [-0.25, -0.2) is 8.78 Å². The number of halogens is 2. The van der Waals surface area contributed by atoms with Gasteiger partial charge in [-0.05, 0) is 30.7 Å². The van der Waals surface area contributed by atoms with Crippen LogP contribution in [0.1, 0.15) is 19.8 Å². The molecule has 4 heteroatoms. The van der Waals surface area contributed by atoms with Crippen molar-refractivity contribution in [1.82, 2.24) is 0 Å². The van der Waals surface area contributed by atoms with Crippen LogP contribution in [0.5, 0.6) is 0 Å². The summed E-state index contributed by atoms with van der Waals surface area (Å²) in [5, 5.41) is 0. The van der Waals surface area contributed by atoms with Crippen LogP contribution in [0.25, 0.3) is 0 Å². The number of nitrogens with zero attached hydrogens (tertiary/aromatic N) is 1. The van der Waals surface area contributed by atoms with Crippen molar-refractivity contribution in [2.45, 2.75) is 19.8 Å². The molecule has 0 saturated heterocycles. The van der Waals surface area contributed by atoms with Crippen LogP contribution in [0.2, 0.25) is 0 Å². The second-order valence-electron chi connectivity index (χ2n) is 4.67. The van der Waals surface area contributed by atoms with Gasteiger partial charge in [-0.1, -0.05) is 31.5 Å². The molecule has 0 spiro atoms. The van der Waals surface area contributed by atoms with Gasteiger partial charge in [-0.2, -0.15) is 0 Å². The van der Waals surface area contributed by atoms with Gasteiger partial charge in [0.1, 0.15) is 5.69 Å². The van der Waals surface area contributed by atoms with Gasteiger partial charge in [0.25, 0.3) is 0 Å². The molecule has 2 aromatic carbocycles. The molecule has 0 atom stereocenters. The number of hydrogen-bond donors (Lipinski definition) is 1. The number of unbranched alkanes of at least 4 members (excludes halogenated alkanes) is 1. The van der Waals surface area contributed by atoms with E-state index in [1.54, 1.807) is 4.90 Å². The third kappa shape index (κ3) is 3.07. The summed E-state index contributed by atoms with van der Waals surface area (Å²) in [7, 11) is 0. The van der Waals surface area contributed by atoms with Crippen LogP contribution in [-0.2, 0) is 0 Å². The zero-order chi connectivity index (χ0) is 14.5. The smallest absolute Gasteiger partial charge is 0.151 e. The normalized spacial score (nSPS) is 10.6. The van der Waals surface area contributed by atoms with Crippen molar-refractivity contribution in [3.05, 3.63) is 54.1 Å². The molecule has 0 saturated carbocycles. The maximum absolute atomic E-state index is 14.1. The van der Waals surface area contributed by atoms with Crippen molar-refractivity contribution >= 4 is 17.1 Å². The maximum atomic E-state index is 14.1. The van der Waals surface area contributed by atoms with Crippen molar-refractivity contribution in [3.8, 4) is 0 Å². The van der Waals surface area contributed by atoms with Crippen molar-refractivity contribution < 1.29 is 8.78 Å². The molecule has 0 aliphatic heterocycles. The molecule has 20 heavy (non-hydrogen) atoms. The lowest BCUT2D eigenvalue weighted by Gasteiger charge is -2.26. The van der Waals surface area contributed by atoms with E-state index in [4.69, 9.17) is 5.73 Å². The van der Waals surface area contributed by atoms with Crippen LogP contribution >= 0.6 is 0 Å². The molecule has 0 bridgehead atoms. The minimum atomic E-state index is -0.637. The second-order valence-corrected chi connectivity index (χ2v) is 4.67. The van der Waals surface area contributed by atoms with Gasteiger partial charge in [0, 0.05) is 17.9 Å². The number of benzene rings is 2. The molecular weight excluding hydrogens is 258 g/mol.